The molecule has 1 aliphatic rings. The number of carbonyl (C=O) groups excluding carboxylic acids is 1. The predicted molar refractivity (Wildman–Crippen MR) is 66.9 cm³/mol. The molecule has 1 aliphatic carbocycles. The summed E-state index contributed by atoms with van der Waals surface area (Å²) in [7, 11) is 0. The van der Waals surface area contributed by atoms with Crippen LogP contribution in [-0.4, -0.2) is 18.2 Å². The number of hydrogen-bond acceptors (Lipinski definition) is 3. The molecule has 0 aliphatic heterocycles. The Hall–Kier alpha value is -1.55. The number of anilines is 1. The van der Waals surface area contributed by atoms with Crippen LogP contribution in [0.3, 0.4) is 0 Å². The van der Waals surface area contributed by atoms with E-state index in [0.717, 1.165) is 30.5 Å². The molecule has 0 spiro atoms. The van der Waals surface area contributed by atoms with Crippen molar-refractivity contribution in [3.8, 4) is 0 Å². The van der Waals surface area contributed by atoms with Gasteiger partial charge in [-0.05, 0) is 38.3 Å². The van der Waals surface area contributed by atoms with Crippen LogP contribution in [0, 0.1) is 6.92 Å². The van der Waals surface area contributed by atoms with Crippen LogP contribution in [0.4, 0.5) is 10.5 Å². The average Bonchev–Trinajstić information content (AvgIpc) is 2.67. The fraction of sp³-hybridized carbons (Fsp3) is 0.462. The number of nitrogens with one attached hydrogen (secondary N) is 1. The van der Waals surface area contributed by atoms with Crippen molar-refractivity contribution >= 4 is 11.8 Å². The van der Waals surface area contributed by atoms with Crippen molar-refractivity contribution in [2.45, 2.75) is 38.3 Å². The minimum atomic E-state index is -0.395. The fourth-order valence-corrected chi connectivity index (χ4v) is 2.02. The molecular formula is C13H18N2O2. The largest absolute Gasteiger partial charge is 0.446 e. The van der Waals surface area contributed by atoms with E-state index in [1.807, 2.05) is 31.2 Å². The predicted octanol–water partition coefficient (Wildman–Crippen LogP) is 2.42. The van der Waals surface area contributed by atoms with Crippen molar-refractivity contribution in [1.82, 2.24) is 0 Å². The third kappa shape index (κ3) is 3.46. The minimum Gasteiger partial charge on any atom is -0.446 e. The maximum Gasteiger partial charge on any atom is 0.411 e. The third-order valence-electron chi connectivity index (χ3n) is 3.00. The molecular weight excluding hydrogens is 216 g/mol. The van der Waals surface area contributed by atoms with Gasteiger partial charge in [-0.25, -0.2) is 4.79 Å². The lowest BCUT2D eigenvalue weighted by Gasteiger charge is -2.12. The van der Waals surface area contributed by atoms with Crippen LogP contribution in [0.25, 0.3) is 0 Å². The zero-order chi connectivity index (χ0) is 12.3. The van der Waals surface area contributed by atoms with Gasteiger partial charge >= 0.3 is 6.09 Å². The first kappa shape index (κ1) is 11.9. The van der Waals surface area contributed by atoms with E-state index >= 15 is 0 Å². The van der Waals surface area contributed by atoms with Crippen LogP contribution in [0.2, 0.25) is 0 Å². The zero-order valence-corrected chi connectivity index (χ0v) is 9.98. The monoisotopic (exact) mass is 234 g/mol. The minimum absolute atomic E-state index is 0.0320. The first-order valence-electron chi connectivity index (χ1n) is 5.93. The van der Waals surface area contributed by atoms with Crippen LogP contribution in [0.15, 0.2) is 24.3 Å². The standard InChI is InChI=1S/C13H18N2O2/c1-9-2-5-11(6-3-9)15-13(16)17-12-7-4-10(14)8-12/h2-3,5-6,10,12H,4,7-8,14H2,1H3,(H,15,16). The van der Waals surface area contributed by atoms with E-state index in [4.69, 9.17) is 10.5 Å². The lowest BCUT2D eigenvalue weighted by molar-refractivity contribution is 0.114. The fourth-order valence-electron chi connectivity index (χ4n) is 2.02. The summed E-state index contributed by atoms with van der Waals surface area (Å²) >= 11 is 0. The van der Waals surface area contributed by atoms with Gasteiger partial charge in [0.05, 0.1) is 0 Å². The summed E-state index contributed by atoms with van der Waals surface area (Å²) in [4.78, 5) is 11.6. The molecule has 0 aromatic heterocycles. The molecule has 0 saturated heterocycles. The van der Waals surface area contributed by atoms with Crippen LogP contribution >= 0.6 is 0 Å². The second-order valence-corrected chi connectivity index (χ2v) is 4.59. The molecule has 92 valence electrons. The Morgan fingerprint density at radius 3 is 2.65 bits per heavy atom. The topological polar surface area (TPSA) is 64.3 Å². The molecule has 0 heterocycles. The molecule has 1 amide bonds. The van der Waals surface area contributed by atoms with E-state index in [2.05, 4.69) is 5.32 Å². The van der Waals surface area contributed by atoms with Crippen molar-refractivity contribution in [1.29, 1.82) is 0 Å². The van der Waals surface area contributed by atoms with Crippen molar-refractivity contribution in [3.63, 3.8) is 0 Å². The highest BCUT2D eigenvalue weighted by Gasteiger charge is 2.24. The molecule has 4 nitrogen and oxygen atoms in total. The number of carbonyl (C=O) groups is 1. The Labute approximate surface area is 101 Å². The molecule has 17 heavy (non-hydrogen) atoms. The normalized spacial score (nSPS) is 23.4. The molecule has 1 saturated carbocycles. The van der Waals surface area contributed by atoms with Gasteiger partial charge in [-0.1, -0.05) is 17.7 Å². The molecule has 2 atom stereocenters. The van der Waals surface area contributed by atoms with Gasteiger partial charge in [0.2, 0.25) is 0 Å². The summed E-state index contributed by atoms with van der Waals surface area (Å²) in [5, 5.41) is 2.71. The number of aryl methyl sites for hydroxylation is 1. The molecule has 2 unspecified atom stereocenters. The lowest BCUT2D eigenvalue weighted by Crippen LogP contribution is -2.22. The van der Waals surface area contributed by atoms with Crippen molar-refractivity contribution in [2.24, 2.45) is 5.73 Å². The van der Waals surface area contributed by atoms with Crippen LogP contribution in [0.1, 0.15) is 24.8 Å². The molecule has 2 rings (SSSR count). The Bertz CT molecular complexity index is 389. The van der Waals surface area contributed by atoms with E-state index in [1.54, 1.807) is 0 Å². The number of rotatable bonds is 2. The van der Waals surface area contributed by atoms with E-state index in [-0.39, 0.29) is 12.1 Å². The molecule has 0 bridgehead atoms. The average molecular weight is 234 g/mol. The summed E-state index contributed by atoms with van der Waals surface area (Å²) in [5.41, 5.74) is 7.67. The highest BCUT2D eigenvalue weighted by molar-refractivity contribution is 5.84. The first-order chi connectivity index (χ1) is 8.13. The van der Waals surface area contributed by atoms with Gasteiger partial charge in [0.15, 0.2) is 0 Å². The Morgan fingerprint density at radius 1 is 1.35 bits per heavy atom. The van der Waals surface area contributed by atoms with Gasteiger partial charge in [0, 0.05) is 11.7 Å². The Kier molecular flexibility index (Phi) is 3.64. The van der Waals surface area contributed by atoms with Crippen LogP contribution < -0.4 is 11.1 Å². The summed E-state index contributed by atoms with van der Waals surface area (Å²) in [6.45, 7) is 2.00. The van der Waals surface area contributed by atoms with Crippen LogP contribution in [0.5, 0.6) is 0 Å². The zero-order valence-electron chi connectivity index (χ0n) is 9.98. The molecule has 1 fully saturated rings. The molecule has 1 aromatic rings. The Morgan fingerprint density at radius 2 is 2.06 bits per heavy atom. The molecule has 0 radical (unpaired) electrons. The van der Waals surface area contributed by atoms with Crippen LogP contribution in [-0.2, 0) is 4.74 Å². The molecule has 4 heteroatoms. The first-order valence-corrected chi connectivity index (χ1v) is 5.93. The lowest BCUT2D eigenvalue weighted by atomic mass is 10.2. The van der Waals surface area contributed by atoms with E-state index in [9.17, 15) is 4.79 Å². The highest BCUT2D eigenvalue weighted by Crippen LogP contribution is 2.21. The Balaban J connectivity index is 1.83. The summed E-state index contributed by atoms with van der Waals surface area (Å²) in [6, 6.07) is 7.78. The number of ether oxygens (including phenoxy) is 1. The maximum atomic E-state index is 11.6. The molecule has 1 aromatic carbocycles. The van der Waals surface area contributed by atoms with Crippen molar-refractivity contribution < 1.29 is 9.53 Å². The maximum absolute atomic E-state index is 11.6. The van der Waals surface area contributed by atoms with Gasteiger partial charge in [-0.15, -0.1) is 0 Å². The number of amides is 1. The van der Waals surface area contributed by atoms with Gasteiger partial charge in [-0.3, -0.25) is 5.32 Å². The number of benzene rings is 1. The second kappa shape index (κ2) is 5.19. The third-order valence-corrected chi connectivity index (χ3v) is 3.00. The van der Waals surface area contributed by atoms with Gasteiger partial charge in [0.1, 0.15) is 6.10 Å². The van der Waals surface area contributed by atoms with Gasteiger partial charge in [0.25, 0.3) is 0 Å². The van der Waals surface area contributed by atoms with Gasteiger partial charge in [-0.2, -0.15) is 0 Å². The molecule has 3 N–H and O–H groups in total. The number of hydrogen-bond donors (Lipinski definition) is 2. The van der Waals surface area contributed by atoms with E-state index in [0.29, 0.717) is 0 Å². The summed E-state index contributed by atoms with van der Waals surface area (Å²) in [5.74, 6) is 0. The highest BCUT2D eigenvalue weighted by atomic mass is 16.6. The van der Waals surface area contributed by atoms with Crippen molar-refractivity contribution in [2.75, 3.05) is 5.32 Å². The SMILES string of the molecule is Cc1ccc(NC(=O)OC2CCC(N)C2)cc1. The van der Waals surface area contributed by atoms with Gasteiger partial charge < -0.3 is 10.5 Å². The van der Waals surface area contributed by atoms with E-state index < -0.39 is 6.09 Å². The summed E-state index contributed by atoms with van der Waals surface area (Å²) in [6.07, 6.45) is 2.13. The second-order valence-electron chi connectivity index (χ2n) is 4.59. The van der Waals surface area contributed by atoms with Crippen molar-refractivity contribution in [3.05, 3.63) is 29.8 Å². The smallest absolute Gasteiger partial charge is 0.411 e. The quantitative estimate of drug-likeness (QED) is 0.826. The number of nitrogens with two attached hydrogens (primary N) is 1. The summed E-state index contributed by atoms with van der Waals surface area (Å²) < 4.78 is 5.29. The van der Waals surface area contributed by atoms with E-state index in [1.165, 1.54) is 0 Å².